The number of carbonyl (C=O) groups excluding carboxylic acids is 1. The van der Waals surface area contributed by atoms with Crippen molar-refractivity contribution in [3.63, 3.8) is 0 Å². The number of likely N-dealkylation sites (tertiary alicyclic amines) is 1. The average Bonchev–Trinajstić information content (AvgIpc) is 3.16. The lowest BCUT2D eigenvalue weighted by molar-refractivity contribution is -0.886. The monoisotopic (exact) mass is 382 g/mol. The van der Waals surface area contributed by atoms with Crippen LogP contribution < -0.4 is 10.2 Å². The normalized spacial score (nSPS) is 19.6. The van der Waals surface area contributed by atoms with Crippen LogP contribution in [0.2, 0.25) is 0 Å². The average molecular weight is 383 g/mol. The number of quaternary nitrogens is 1. The number of nitrogens with one attached hydrogen (secondary N) is 2. The molecule has 0 aromatic heterocycles. The van der Waals surface area contributed by atoms with Crippen molar-refractivity contribution in [3.05, 3.63) is 29.3 Å². The van der Waals surface area contributed by atoms with Crippen LogP contribution in [0.15, 0.2) is 23.1 Å². The molecule has 0 unspecified atom stereocenters. The Hall–Kier alpha value is -1.48. The largest absolute Gasteiger partial charge is 0.379 e. The highest BCUT2D eigenvalue weighted by Crippen LogP contribution is 2.20. The zero-order chi connectivity index (χ0) is 18.6. The molecular formula is C18H28N3O4S+. The smallest absolute Gasteiger partial charge is 0.251 e. The van der Waals surface area contributed by atoms with Crippen molar-refractivity contribution < 1.29 is 22.8 Å². The van der Waals surface area contributed by atoms with Crippen LogP contribution in [0.3, 0.4) is 0 Å². The Labute approximate surface area is 155 Å². The second-order valence-electron chi connectivity index (χ2n) is 6.96. The Morgan fingerprint density at radius 2 is 1.92 bits per heavy atom. The summed E-state index contributed by atoms with van der Waals surface area (Å²) in [5.41, 5.74) is 1.20. The van der Waals surface area contributed by atoms with E-state index < -0.39 is 10.0 Å². The highest BCUT2D eigenvalue weighted by molar-refractivity contribution is 7.89. The predicted octanol–water partition coefficient (Wildman–Crippen LogP) is -0.576. The maximum absolute atomic E-state index is 12.8. The lowest BCUT2D eigenvalue weighted by atomic mass is 10.1. The van der Waals surface area contributed by atoms with Crippen LogP contribution in [0.5, 0.6) is 0 Å². The van der Waals surface area contributed by atoms with Crippen molar-refractivity contribution in [1.29, 1.82) is 0 Å². The molecule has 0 saturated carbocycles. The molecule has 0 radical (unpaired) electrons. The summed E-state index contributed by atoms with van der Waals surface area (Å²) in [6, 6.07) is 4.78. The first-order chi connectivity index (χ1) is 12.5. The van der Waals surface area contributed by atoms with E-state index in [0.717, 1.165) is 12.1 Å². The molecule has 2 fully saturated rings. The van der Waals surface area contributed by atoms with Gasteiger partial charge in [0.05, 0.1) is 44.3 Å². The number of benzene rings is 1. The lowest BCUT2D eigenvalue weighted by Crippen LogP contribution is -3.10. The van der Waals surface area contributed by atoms with Crippen LogP contribution in [0.25, 0.3) is 0 Å². The molecule has 0 spiro atoms. The Kier molecular flexibility index (Phi) is 6.29. The molecule has 0 bridgehead atoms. The Morgan fingerprint density at radius 1 is 1.23 bits per heavy atom. The molecule has 2 saturated heterocycles. The van der Waals surface area contributed by atoms with Gasteiger partial charge in [0.25, 0.3) is 5.91 Å². The standard InChI is InChI=1S/C18H27N3O4S/c1-15-4-5-16(26(23,24)21-10-12-25-13-11-21)14-17(15)18(22)19-6-9-20-7-2-3-8-20/h4-5,14H,2-3,6-13H2,1H3,(H,19,22)/p+1. The summed E-state index contributed by atoms with van der Waals surface area (Å²) in [6.45, 7) is 7.17. The number of hydrogen-bond donors (Lipinski definition) is 2. The van der Waals surface area contributed by atoms with Crippen LogP contribution in [0.1, 0.15) is 28.8 Å². The number of sulfonamides is 1. The zero-order valence-electron chi connectivity index (χ0n) is 15.3. The molecule has 2 N–H and O–H groups in total. The number of hydrogen-bond acceptors (Lipinski definition) is 4. The summed E-state index contributed by atoms with van der Waals surface area (Å²) >= 11 is 0. The third kappa shape index (κ3) is 4.43. The zero-order valence-corrected chi connectivity index (χ0v) is 16.1. The molecule has 1 aromatic rings. The molecule has 1 amide bonds. The van der Waals surface area contributed by atoms with E-state index in [0.29, 0.717) is 38.4 Å². The van der Waals surface area contributed by atoms with Crippen LogP contribution in [0, 0.1) is 6.92 Å². The van der Waals surface area contributed by atoms with Gasteiger partial charge in [-0.05, 0) is 24.6 Å². The van der Waals surface area contributed by atoms with Gasteiger partial charge in [-0.1, -0.05) is 6.07 Å². The van der Waals surface area contributed by atoms with Gasteiger partial charge in [-0.3, -0.25) is 4.79 Å². The van der Waals surface area contributed by atoms with Crippen LogP contribution in [0.4, 0.5) is 0 Å². The predicted molar refractivity (Wildman–Crippen MR) is 97.9 cm³/mol. The third-order valence-corrected chi connectivity index (χ3v) is 7.03. The van der Waals surface area contributed by atoms with E-state index in [1.54, 1.807) is 12.1 Å². The van der Waals surface area contributed by atoms with Gasteiger partial charge >= 0.3 is 0 Å². The molecule has 144 valence electrons. The van der Waals surface area contributed by atoms with Crippen molar-refractivity contribution in [2.45, 2.75) is 24.7 Å². The van der Waals surface area contributed by atoms with Crippen LogP contribution in [-0.2, 0) is 14.8 Å². The molecular weight excluding hydrogens is 354 g/mol. The Morgan fingerprint density at radius 3 is 2.62 bits per heavy atom. The molecule has 2 heterocycles. The minimum Gasteiger partial charge on any atom is -0.379 e. The number of rotatable bonds is 6. The van der Waals surface area contributed by atoms with Gasteiger partial charge in [-0.15, -0.1) is 0 Å². The minimum atomic E-state index is -3.60. The number of amides is 1. The summed E-state index contributed by atoms with van der Waals surface area (Å²) in [5.74, 6) is -0.208. The molecule has 3 rings (SSSR count). The van der Waals surface area contributed by atoms with Crippen LogP contribution in [-0.4, -0.2) is 71.1 Å². The molecule has 1 aromatic carbocycles. The van der Waals surface area contributed by atoms with Crippen molar-refractivity contribution in [3.8, 4) is 0 Å². The van der Waals surface area contributed by atoms with Crippen LogP contribution >= 0.6 is 0 Å². The van der Waals surface area contributed by atoms with E-state index in [1.807, 2.05) is 6.92 Å². The van der Waals surface area contributed by atoms with E-state index in [9.17, 15) is 13.2 Å². The van der Waals surface area contributed by atoms with E-state index >= 15 is 0 Å². The first-order valence-electron chi connectivity index (χ1n) is 9.29. The molecule has 2 aliphatic heterocycles. The van der Waals surface area contributed by atoms with Crippen molar-refractivity contribution in [2.24, 2.45) is 0 Å². The fourth-order valence-electron chi connectivity index (χ4n) is 3.52. The second kappa shape index (κ2) is 8.47. The topological polar surface area (TPSA) is 80.1 Å². The molecule has 0 aliphatic carbocycles. The van der Waals surface area contributed by atoms with Gasteiger partial charge in [-0.25, -0.2) is 8.42 Å². The van der Waals surface area contributed by atoms with Gasteiger partial charge in [-0.2, -0.15) is 4.31 Å². The van der Waals surface area contributed by atoms with Crippen molar-refractivity contribution in [2.75, 3.05) is 52.5 Å². The molecule has 0 atom stereocenters. The Bertz CT molecular complexity index is 739. The van der Waals surface area contributed by atoms with Crippen molar-refractivity contribution in [1.82, 2.24) is 9.62 Å². The number of aryl methyl sites for hydroxylation is 1. The minimum absolute atomic E-state index is 0.167. The maximum Gasteiger partial charge on any atom is 0.251 e. The van der Waals surface area contributed by atoms with Gasteiger partial charge in [0.1, 0.15) is 0 Å². The van der Waals surface area contributed by atoms with Gasteiger partial charge in [0.15, 0.2) is 0 Å². The quantitative estimate of drug-likeness (QED) is 0.690. The summed E-state index contributed by atoms with van der Waals surface area (Å²) in [5, 5.41) is 2.94. The lowest BCUT2D eigenvalue weighted by Gasteiger charge is -2.26. The third-order valence-electron chi connectivity index (χ3n) is 5.14. The molecule has 2 aliphatic rings. The van der Waals surface area contributed by atoms with Crippen molar-refractivity contribution >= 4 is 15.9 Å². The Balaban J connectivity index is 1.69. The number of nitrogens with zero attached hydrogens (tertiary/aromatic N) is 1. The van der Waals surface area contributed by atoms with Gasteiger partial charge < -0.3 is 15.0 Å². The first-order valence-corrected chi connectivity index (χ1v) is 10.7. The number of ether oxygens (including phenoxy) is 1. The number of morpholine rings is 1. The van der Waals surface area contributed by atoms with E-state index in [4.69, 9.17) is 4.74 Å². The SMILES string of the molecule is Cc1ccc(S(=O)(=O)N2CCOCC2)cc1C(=O)NCC[NH+]1CCCC1. The fraction of sp³-hybridized carbons (Fsp3) is 0.611. The summed E-state index contributed by atoms with van der Waals surface area (Å²) in [7, 11) is -3.60. The number of carbonyl (C=O) groups is 1. The molecule has 8 heteroatoms. The molecule has 7 nitrogen and oxygen atoms in total. The summed E-state index contributed by atoms with van der Waals surface area (Å²) < 4.78 is 32.2. The molecule has 26 heavy (non-hydrogen) atoms. The van der Waals surface area contributed by atoms with Gasteiger partial charge in [0.2, 0.25) is 10.0 Å². The van der Waals surface area contributed by atoms with E-state index in [1.165, 1.54) is 41.2 Å². The van der Waals surface area contributed by atoms with Gasteiger partial charge in [0, 0.05) is 31.5 Å². The summed E-state index contributed by atoms with van der Waals surface area (Å²) in [4.78, 5) is 14.2. The second-order valence-corrected chi connectivity index (χ2v) is 8.89. The summed E-state index contributed by atoms with van der Waals surface area (Å²) in [6.07, 6.45) is 2.51. The van der Waals surface area contributed by atoms with E-state index in [2.05, 4.69) is 5.32 Å². The highest BCUT2D eigenvalue weighted by atomic mass is 32.2. The first kappa shape index (κ1) is 19.3. The van der Waals surface area contributed by atoms with E-state index in [-0.39, 0.29) is 10.8 Å². The highest BCUT2D eigenvalue weighted by Gasteiger charge is 2.27. The fourth-order valence-corrected chi connectivity index (χ4v) is 4.95. The maximum atomic E-state index is 12.8.